The van der Waals surface area contributed by atoms with Crippen molar-refractivity contribution in [1.29, 1.82) is 0 Å². The third-order valence-electron chi connectivity index (χ3n) is 15.9. The zero-order valence-corrected chi connectivity index (χ0v) is 49.5. The molecule has 4 heteroatoms. The fourth-order valence-corrected chi connectivity index (χ4v) is 10.8. The van der Waals surface area contributed by atoms with Crippen molar-refractivity contribution in [3.8, 4) is 0 Å². The van der Waals surface area contributed by atoms with E-state index < -0.39 is 12.1 Å². The van der Waals surface area contributed by atoms with Gasteiger partial charge >= 0.3 is 0 Å². The number of rotatable bonds is 63. The molecular weight excluding hydrogens is 879 g/mol. The summed E-state index contributed by atoms with van der Waals surface area (Å²) in [6, 6.07) is -0.621. The van der Waals surface area contributed by atoms with Crippen LogP contribution in [0.5, 0.6) is 0 Å². The molecule has 0 fully saturated rings. The maximum Gasteiger partial charge on any atom is 0.220 e. The van der Waals surface area contributed by atoms with Crippen LogP contribution >= 0.6 is 0 Å². The third-order valence-corrected chi connectivity index (χ3v) is 15.9. The van der Waals surface area contributed by atoms with Crippen molar-refractivity contribution in [2.45, 2.75) is 398 Å². The molecule has 0 aliphatic carbocycles. The molecule has 0 saturated heterocycles. The van der Waals surface area contributed by atoms with Gasteiger partial charge in [-0.05, 0) is 44.9 Å². The van der Waals surface area contributed by atoms with Crippen molar-refractivity contribution in [3.05, 3.63) is 24.3 Å². The highest BCUT2D eigenvalue weighted by Crippen LogP contribution is 2.19. The smallest absolute Gasteiger partial charge is 0.220 e. The molecule has 3 N–H and O–H groups in total. The first-order chi connectivity index (χ1) is 35.7. The number of unbranched alkanes of at least 4 members (excludes halogenated alkanes) is 54. The number of amides is 1. The van der Waals surface area contributed by atoms with E-state index in [1.165, 1.54) is 340 Å². The minimum Gasteiger partial charge on any atom is -0.394 e. The van der Waals surface area contributed by atoms with Crippen LogP contribution in [0.2, 0.25) is 0 Å². The second-order valence-corrected chi connectivity index (χ2v) is 23.2. The lowest BCUT2D eigenvalue weighted by Gasteiger charge is -2.20. The van der Waals surface area contributed by atoms with Crippen molar-refractivity contribution < 1.29 is 15.0 Å². The molecule has 0 heterocycles. The lowest BCUT2D eigenvalue weighted by atomic mass is 10.0. The minimum absolute atomic E-state index is 0.0555. The highest BCUT2D eigenvalue weighted by atomic mass is 16.3. The molecule has 0 aromatic rings. The van der Waals surface area contributed by atoms with E-state index in [0.29, 0.717) is 6.42 Å². The summed E-state index contributed by atoms with van der Waals surface area (Å²) in [5, 5.41) is 23.3. The van der Waals surface area contributed by atoms with Crippen LogP contribution in [0.4, 0.5) is 0 Å². The molecule has 0 rings (SSSR count). The molecule has 0 radical (unpaired) electrons. The standard InChI is InChI=1S/C68H133NO3/c1-3-5-7-9-11-13-15-17-19-21-23-25-27-29-30-31-32-33-34-35-36-37-38-40-42-44-46-48-50-52-54-56-58-60-62-64-68(72)69-66(65-70)67(71)63-61-59-57-55-53-51-49-47-45-43-41-39-28-26-24-22-20-18-16-14-12-10-8-6-4-2/h31-32,61,63,66-67,70-71H,3-30,33-60,62,64-65H2,1-2H3,(H,69,72)/b32-31-,63-61+. The Bertz CT molecular complexity index is 1060. The fraction of sp³-hybridized carbons (Fsp3) is 0.926. The van der Waals surface area contributed by atoms with Gasteiger partial charge in [0.2, 0.25) is 5.91 Å². The van der Waals surface area contributed by atoms with Crippen LogP contribution in [-0.2, 0) is 4.79 Å². The summed E-state index contributed by atoms with van der Waals surface area (Å²) in [7, 11) is 0. The van der Waals surface area contributed by atoms with E-state index >= 15 is 0 Å². The van der Waals surface area contributed by atoms with Gasteiger partial charge in [0.05, 0.1) is 18.8 Å². The van der Waals surface area contributed by atoms with Gasteiger partial charge in [0.1, 0.15) is 0 Å². The number of aliphatic hydroxyl groups excluding tert-OH is 2. The Balaban J connectivity index is 3.41. The van der Waals surface area contributed by atoms with Crippen LogP contribution in [0.25, 0.3) is 0 Å². The first-order valence-electron chi connectivity index (χ1n) is 33.6. The van der Waals surface area contributed by atoms with Gasteiger partial charge < -0.3 is 15.5 Å². The SMILES string of the molecule is CCCCCCCCCCCCCCCC/C=C\CCCCCCCCCCCCCCCCCCCC(=O)NC(CO)C(O)/C=C/CCCCCCCCCCCCCCCCCCCCCCCCC. The van der Waals surface area contributed by atoms with Crippen molar-refractivity contribution in [2.75, 3.05) is 6.61 Å². The maximum atomic E-state index is 12.5. The van der Waals surface area contributed by atoms with Crippen molar-refractivity contribution in [3.63, 3.8) is 0 Å². The highest BCUT2D eigenvalue weighted by Gasteiger charge is 2.18. The second-order valence-electron chi connectivity index (χ2n) is 23.2. The Morgan fingerprint density at radius 3 is 0.764 bits per heavy atom. The van der Waals surface area contributed by atoms with E-state index in [4.69, 9.17) is 0 Å². The quantitative estimate of drug-likeness (QED) is 0.0420. The molecule has 2 unspecified atom stereocenters. The normalized spacial score (nSPS) is 12.8. The van der Waals surface area contributed by atoms with E-state index in [0.717, 1.165) is 25.7 Å². The van der Waals surface area contributed by atoms with Gasteiger partial charge in [0, 0.05) is 6.42 Å². The van der Waals surface area contributed by atoms with Gasteiger partial charge in [-0.2, -0.15) is 0 Å². The molecule has 1 amide bonds. The van der Waals surface area contributed by atoms with Crippen LogP contribution in [0.3, 0.4) is 0 Å². The van der Waals surface area contributed by atoms with Crippen molar-refractivity contribution in [2.24, 2.45) is 0 Å². The molecule has 0 spiro atoms. The Labute approximate surface area is 453 Å². The van der Waals surface area contributed by atoms with Crippen molar-refractivity contribution in [1.82, 2.24) is 5.32 Å². The van der Waals surface area contributed by atoms with E-state index in [9.17, 15) is 15.0 Å². The molecule has 0 saturated carbocycles. The average molecular weight is 1010 g/mol. The topological polar surface area (TPSA) is 69.6 Å². The Morgan fingerprint density at radius 1 is 0.319 bits per heavy atom. The summed E-state index contributed by atoms with van der Waals surface area (Å²) < 4.78 is 0. The molecule has 0 aliphatic rings. The molecule has 4 nitrogen and oxygen atoms in total. The van der Waals surface area contributed by atoms with Gasteiger partial charge in [-0.3, -0.25) is 4.79 Å². The molecule has 72 heavy (non-hydrogen) atoms. The number of aliphatic hydroxyl groups is 2. The number of carbonyl (C=O) groups is 1. The first-order valence-corrected chi connectivity index (χ1v) is 33.6. The predicted octanol–water partition coefficient (Wildman–Crippen LogP) is 22.6. The number of nitrogens with one attached hydrogen (secondary N) is 1. The number of carbonyl (C=O) groups excluding carboxylic acids is 1. The Morgan fingerprint density at radius 2 is 0.528 bits per heavy atom. The molecule has 2 atom stereocenters. The summed E-state index contributed by atoms with van der Waals surface area (Å²) in [6.45, 7) is 4.36. The molecule has 0 bridgehead atoms. The number of hydrogen-bond donors (Lipinski definition) is 3. The zero-order valence-electron chi connectivity index (χ0n) is 49.5. The third kappa shape index (κ3) is 59.7. The molecule has 0 aromatic carbocycles. The van der Waals surface area contributed by atoms with Crippen molar-refractivity contribution >= 4 is 5.91 Å². The van der Waals surface area contributed by atoms with Gasteiger partial charge in [-0.1, -0.05) is 359 Å². The van der Waals surface area contributed by atoms with Crippen LogP contribution in [0.15, 0.2) is 24.3 Å². The Hall–Kier alpha value is -1.13. The average Bonchev–Trinajstić information content (AvgIpc) is 3.39. The first kappa shape index (κ1) is 70.9. The zero-order chi connectivity index (χ0) is 52.0. The van der Waals surface area contributed by atoms with Gasteiger partial charge in [0.25, 0.3) is 0 Å². The maximum absolute atomic E-state index is 12.5. The van der Waals surface area contributed by atoms with E-state index in [2.05, 4.69) is 31.3 Å². The van der Waals surface area contributed by atoms with Crippen LogP contribution in [-0.4, -0.2) is 34.9 Å². The molecule has 0 aromatic heterocycles. The van der Waals surface area contributed by atoms with Gasteiger partial charge in [0.15, 0.2) is 0 Å². The second kappa shape index (κ2) is 64.2. The summed E-state index contributed by atoms with van der Waals surface area (Å²) in [5.74, 6) is -0.0555. The summed E-state index contributed by atoms with van der Waals surface area (Å²) in [4.78, 5) is 12.5. The molecule has 0 aliphatic heterocycles. The number of allylic oxidation sites excluding steroid dienone is 3. The lowest BCUT2D eigenvalue weighted by molar-refractivity contribution is -0.123. The summed E-state index contributed by atoms with van der Waals surface area (Å²) >= 11 is 0. The highest BCUT2D eigenvalue weighted by molar-refractivity contribution is 5.76. The van der Waals surface area contributed by atoms with Crippen LogP contribution in [0.1, 0.15) is 386 Å². The monoisotopic (exact) mass is 1010 g/mol. The van der Waals surface area contributed by atoms with Gasteiger partial charge in [-0.25, -0.2) is 0 Å². The van der Waals surface area contributed by atoms with E-state index in [1.807, 2.05) is 6.08 Å². The van der Waals surface area contributed by atoms with E-state index in [-0.39, 0.29) is 12.5 Å². The summed E-state index contributed by atoms with van der Waals surface area (Å²) in [5.41, 5.74) is 0. The summed E-state index contributed by atoms with van der Waals surface area (Å²) in [6.07, 6.45) is 86.9. The lowest BCUT2D eigenvalue weighted by Crippen LogP contribution is -2.45. The Kier molecular flexibility index (Phi) is 63.2. The fourth-order valence-electron chi connectivity index (χ4n) is 10.8. The minimum atomic E-state index is -0.838. The van der Waals surface area contributed by atoms with Crippen LogP contribution in [0, 0.1) is 0 Å². The molecular formula is C68H133NO3. The number of hydrogen-bond acceptors (Lipinski definition) is 3. The molecule has 428 valence electrons. The van der Waals surface area contributed by atoms with Crippen LogP contribution < -0.4 is 5.32 Å². The predicted molar refractivity (Wildman–Crippen MR) is 322 cm³/mol. The largest absolute Gasteiger partial charge is 0.394 e. The van der Waals surface area contributed by atoms with E-state index in [1.54, 1.807) is 6.08 Å². The van der Waals surface area contributed by atoms with Gasteiger partial charge in [-0.15, -0.1) is 0 Å².